The Labute approximate surface area is 211 Å². The number of rotatable bonds is 8. The van der Waals surface area contributed by atoms with Gasteiger partial charge in [-0.05, 0) is 44.2 Å². The zero-order valence-electron chi connectivity index (χ0n) is 19.4. The first-order chi connectivity index (χ1) is 16.9. The number of hydrogen-bond donors (Lipinski definition) is 1. The third-order valence-electron chi connectivity index (χ3n) is 5.51. The van der Waals surface area contributed by atoms with E-state index in [4.69, 9.17) is 16.3 Å². The van der Waals surface area contributed by atoms with Crippen LogP contribution in [0.1, 0.15) is 17.4 Å². The lowest BCUT2D eigenvalue weighted by molar-refractivity contribution is -0.143. The highest BCUT2D eigenvalue weighted by atomic mass is 35.5. The van der Waals surface area contributed by atoms with Crippen LogP contribution in [0.5, 0.6) is 0 Å². The van der Waals surface area contributed by atoms with Gasteiger partial charge in [-0.15, -0.1) is 11.3 Å². The van der Waals surface area contributed by atoms with Crippen LogP contribution >= 0.6 is 22.9 Å². The summed E-state index contributed by atoms with van der Waals surface area (Å²) in [5, 5.41) is 4.16. The Morgan fingerprint density at radius 2 is 2.20 bits per heavy atom. The molecule has 0 fully saturated rings. The van der Waals surface area contributed by atoms with Crippen molar-refractivity contribution >= 4 is 56.5 Å². The fourth-order valence-corrected chi connectivity index (χ4v) is 5.24. The summed E-state index contributed by atoms with van der Waals surface area (Å²) in [4.78, 5) is 38.6. The van der Waals surface area contributed by atoms with Crippen LogP contribution in [0.25, 0.3) is 10.2 Å². The maximum Gasteiger partial charge on any atom is 0.320 e. The number of amides is 1. The summed E-state index contributed by atoms with van der Waals surface area (Å²) in [7, 11) is 1.79. The minimum atomic E-state index is -0.484. The summed E-state index contributed by atoms with van der Waals surface area (Å²) in [6, 6.07) is 4.42. The Kier molecular flexibility index (Phi) is 7.94. The number of esters is 1. The number of aromatic nitrogens is 2. The van der Waals surface area contributed by atoms with Gasteiger partial charge in [0.15, 0.2) is 0 Å². The molecule has 2 aromatic heterocycles. The topological polar surface area (TPSA) is 87.7 Å². The Morgan fingerprint density at radius 3 is 2.97 bits per heavy atom. The summed E-state index contributed by atoms with van der Waals surface area (Å²) in [5.41, 5.74) is 1.74. The second-order valence-corrected chi connectivity index (χ2v) is 9.56. The van der Waals surface area contributed by atoms with Crippen molar-refractivity contribution in [2.45, 2.75) is 19.9 Å². The number of hydrogen-bond acceptors (Lipinski definition) is 8. The number of nitrogens with one attached hydrogen (secondary N) is 1. The fraction of sp³-hybridized carbons (Fsp3) is 0.333. The van der Waals surface area contributed by atoms with Gasteiger partial charge < -0.3 is 15.0 Å². The van der Waals surface area contributed by atoms with Crippen LogP contribution in [-0.4, -0.2) is 64.9 Å². The van der Waals surface area contributed by atoms with E-state index < -0.39 is 5.82 Å². The molecule has 0 unspecified atom stereocenters. The lowest BCUT2D eigenvalue weighted by Crippen LogP contribution is -2.34. The standard InChI is InChI=1S/C24H25ClFN5O3S/c1-3-34-21(33)13-30(2)9-4-5-20(32)31-10-8-16-19(12-31)35-24-22(16)23(27-14-28-24)29-15-6-7-18(26)17(25)11-15/h4-7,11,14H,3,8-10,12-13H2,1-2H3,(H,27,28,29)/b5-4+. The number of nitrogens with zero attached hydrogens (tertiary/aromatic N) is 4. The van der Waals surface area contributed by atoms with Gasteiger partial charge in [-0.25, -0.2) is 14.4 Å². The minimum absolute atomic E-state index is 0.0296. The Morgan fingerprint density at radius 1 is 1.37 bits per heavy atom. The van der Waals surface area contributed by atoms with Gasteiger partial charge in [0.1, 0.15) is 22.8 Å². The molecule has 1 aromatic carbocycles. The maximum atomic E-state index is 13.5. The van der Waals surface area contributed by atoms with Crippen LogP contribution in [0.2, 0.25) is 5.02 Å². The zero-order chi connectivity index (χ0) is 24.9. The van der Waals surface area contributed by atoms with Crippen molar-refractivity contribution in [3.8, 4) is 0 Å². The van der Waals surface area contributed by atoms with Crippen LogP contribution in [0, 0.1) is 5.82 Å². The number of thiophene rings is 1. The maximum absolute atomic E-state index is 13.5. The number of fused-ring (bicyclic) bond motifs is 3. The van der Waals surface area contributed by atoms with Gasteiger partial charge in [-0.3, -0.25) is 14.5 Å². The van der Waals surface area contributed by atoms with Crippen LogP contribution in [-0.2, 0) is 27.3 Å². The smallest absolute Gasteiger partial charge is 0.320 e. The summed E-state index contributed by atoms with van der Waals surface area (Å²) in [5.74, 6) is -0.229. The number of likely N-dealkylation sites (N-methyl/N-ethyl adjacent to an activating group) is 1. The molecule has 0 aliphatic carbocycles. The SMILES string of the molecule is CCOC(=O)CN(C)C/C=C/C(=O)N1CCc2c(sc3ncnc(Nc4ccc(F)c(Cl)c4)c23)C1. The van der Waals surface area contributed by atoms with Gasteiger partial charge in [-0.1, -0.05) is 17.7 Å². The van der Waals surface area contributed by atoms with E-state index in [2.05, 4.69) is 15.3 Å². The molecule has 0 saturated heterocycles. The molecular weight excluding hydrogens is 493 g/mol. The highest BCUT2D eigenvalue weighted by Gasteiger charge is 2.25. The largest absolute Gasteiger partial charge is 0.465 e. The number of benzene rings is 1. The highest BCUT2D eigenvalue weighted by molar-refractivity contribution is 7.19. The van der Waals surface area contributed by atoms with Crippen molar-refractivity contribution in [3.05, 3.63) is 58.0 Å². The molecule has 184 valence electrons. The summed E-state index contributed by atoms with van der Waals surface area (Å²) < 4.78 is 18.5. The molecule has 1 amide bonds. The minimum Gasteiger partial charge on any atom is -0.465 e. The average Bonchev–Trinajstić information content (AvgIpc) is 3.20. The summed E-state index contributed by atoms with van der Waals surface area (Å²) in [6.45, 7) is 3.80. The molecule has 11 heteroatoms. The van der Waals surface area contributed by atoms with Gasteiger partial charge in [0, 0.05) is 29.7 Å². The summed E-state index contributed by atoms with van der Waals surface area (Å²) in [6.07, 6.45) is 5.45. The van der Waals surface area contributed by atoms with Gasteiger partial charge in [0.2, 0.25) is 5.91 Å². The monoisotopic (exact) mass is 517 g/mol. The van der Waals surface area contributed by atoms with Gasteiger partial charge >= 0.3 is 5.97 Å². The normalized spacial score (nSPS) is 13.5. The van der Waals surface area contributed by atoms with E-state index >= 15 is 0 Å². The lowest BCUT2D eigenvalue weighted by atomic mass is 10.0. The number of carbonyl (C=O) groups excluding carboxylic acids is 2. The molecule has 0 saturated carbocycles. The molecule has 0 spiro atoms. The average molecular weight is 518 g/mol. The van der Waals surface area contributed by atoms with Crippen molar-refractivity contribution in [1.29, 1.82) is 0 Å². The van der Waals surface area contributed by atoms with Crippen molar-refractivity contribution in [3.63, 3.8) is 0 Å². The Hall–Kier alpha value is -3.08. The third kappa shape index (κ3) is 5.95. The van der Waals surface area contributed by atoms with E-state index in [0.717, 1.165) is 20.7 Å². The van der Waals surface area contributed by atoms with Crippen molar-refractivity contribution in [2.24, 2.45) is 0 Å². The second-order valence-electron chi connectivity index (χ2n) is 8.07. The van der Waals surface area contributed by atoms with Crippen molar-refractivity contribution < 1.29 is 18.7 Å². The van der Waals surface area contributed by atoms with E-state index in [1.54, 1.807) is 42.0 Å². The first kappa shape index (κ1) is 25.0. The molecule has 8 nitrogen and oxygen atoms in total. The van der Waals surface area contributed by atoms with E-state index in [0.29, 0.717) is 44.2 Å². The van der Waals surface area contributed by atoms with Gasteiger partial charge in [0.25, 0.3) is 0 Å². The van der Waals surface area contributed by atoms with Gasteiger partial charge in [-0.2, -0.15) is 0 Å². The highest BCUT2D eigenvalue weighted by Crippen LogP contribution is 2.38. The lowest BCUT2D eigenvalue weighted by Gasteiger charge is -2.26. The predicted octanol–water partition coefficient (Wildman–Crippen LogP) is 4.16. The van der Waals surface area contributed by atoms with E-state index in [-0.39, 0.29) is 23.4 Å². The van der Waals surface area contributed by atoms with E-state index in [1.807, 2.05) is 0 Å². The number of ether oxygens (including phenoxy) is 1. The molecule has 1 N–H and O–H groups in total. The van der Waals surface area contributed by atoms with E-state index in [1.165, 1.54) is 29.8 Å². The Bertz CT molecular complexity index is 1280. The first-order valence-corrected chi connectivity index (χ1v) is 12.3. The Balaban J connectivity index is 1.44. The molecule has 0 atom stereocenters. The summed E-state index contributed by atoms with van der Waals surface area (Å²) >= 11 is 7.45. The first-order valence-electron chi connectivity index (χ1n) is 11.1. The molecule has 0 bridgehead atoms. The number of anilines is 2. The number of halogens is 2. The molecule has 3 heterocycles. The molecule has 35 heavy (non-hydrogen) atoms. The van der Waals surface area contributed by atoms with Crippen LogP contribution in [0.15, 0.2) is 36.7 Å². The predicted molar refractivity (Wildman–Crippen MR) is 134 cm³/mol. The number of carbonyl (C=O) groups is 2. The third-order valence-corrected chi connectivity index (χ3v) is 6.93. The van der Waals surface area contributed by atoms with Gasteiger partial charge in [0.05, 0.1) is 30.1 Å². The molecule has 3 aromatic rings. The van der Waals surface area contributed by atoms with Crippen molar-refractivity contribution in [1.82, 2.24) is 19.8 Å². The molecule has 0 radical (unpaired) electrons. The second kappa shape index (κ2) is 11.1. The molecule has 4 rings (SSSR count). The molecular formula is C24H25ClFN5O3S. The van der Waals surface area contributed by atoms with E-state index in [9.17, 15) is 14.0 Å². The zero-order valence-corrected chi connectivity index (χ0v) is 21.0. The molecule has 1 aliphatic heterocycles. The van der Waals surface area contributed by atoms with Crippen LogP contribution in [0.4, 0.5) is 15.9 Å². The van der Waals surface area contributed by atoms with Crippen LogP contribution in [0.3, 0.4) is 0 Å². The van der Waals surface area contributed by atoms with Crippen LogP contribution < -0.4 is 5.32 Å². The quantitative estimate of drug-likeness (QED) is 0.354. The fourth-order valence-electron chi connectivity index (χ4n) is 3.85. The molecule has 1 aliphatic rings. The van der Waals surface area contributed by atoms with Crippen molar-refractivity contribution in [2.75, 3.05) is 38.6 Å².